The van der Waals surface area contributed by atoms with E-state index in [9.17, 15) is 0 Å². The third-order valence-electron chi connectivity index (χ3n) is 2.97. The quantitative estimate of drug-likeness (QED) is 0.879. The zero-order valence-corrected chi connectivity index (χ0v) is 13.6. The average molecular weight is 338 g/mol. The second-order valence-corrected chi connectivity index (χ2v) is 5.85. The third kappa shape index (κ3) is 4.08. The van der Waals surface area contributed by atoms with Crippen LogP contribution in [-0.2, 0) is 13.1 Å². The predicted octanol–water partition coefficient (Wildman–Crippen LogP) is 3.20. The molecule has 108 valence electrons. The lowest BCUT2D eigenvalue weighted by Crippen LogP contribution is -2.22. The number of hydrogen-bond acceptors (Lipinski definition) is 3. The van der Waals surface area contributed by atoms with E-state index in [0.717, 1.165) is 34.6 Å². The molecule has 0 saturated heterocycles. The van der Waals surface area contributed by atoms with Gasteiger partial charge in [0.05, 0.1) is 19.3 Å². The number of rotatable bonds is 6. The molecule has 0 spiro atoms. The van der Waals surface area contributed by atoms with E-state index < -0.39 is 0 Å². The molecule has 0 bridgehead atoms. The summed E-state index contributed by atoms with van der Waals surface area (Å²) in [6.07, 6.45) is 2.00. The van der Waals surface area contributed by atoms with Gasteiger partial charge in [-0.1, -0.05) is 29.8 Å². The van der Waals surface area contributed by atoms with E-state index in [0.29, 0.717) is 6.04 Å². The second-order valence-electron chi connectivity index (χ2n) is 5.00. The van der Waals surface area contributed by atoms with Gasteiger partial charge in [0.2, 0.25) is 0 Å². The van der Waals surface area contributed by atoms with E-state index in [1.54, 1.807) is 7.11 Å². The summed E-state index contributed by atoms with van der Waals surface area (Å²) < 4.78 is 8.26. The Labute approximate surface area is 128 Å². The van der Waals surface area contributed by atoms with Gasteiger partial charge in [-0.25, -0.2) is 0 Å². The molecule has 0 fully saturated rings. The van der Waals surface area contributed by atoms with Gasteiger partial charge in [-0.3, -0.25) is 4.68 Å². The van der Waals surface area contributed by atoms with Crippen molar-refractivity contribution < 1.29 is 4.74 Å². The Morgan fingerprint density at radius 2 is 2.15 bits per heavy atom. The van der Waals surface area contributed by atoms with E-state index in [-0.39, 0.29) is 0 Å². The number of benzene rings is 1. The number of halogens is 1. The Kier molecular flexibility index (Phi) is 5.20. The molecule has 1 heterocycles. The molecular formula is C15H20BrN3O. The highest BCUT2D eigenvalue weighted by Gasteiger charge is 2.05. The standard InChI is InChI=1S/C15H20BrN3O/c1-11(2)17-9-13-6-7-19(18-13)10-12-8-14(20-3)4-5-15(12)16/h4-8,11,17H,9-10H2,1-3H3. The summed E-state index contributed by atoms with van der Waals surface area (Å²) >= 11 is 3.56. The van der Waals surface area contributed by atoms with E-state index in [4.69, 9.17) is 4.74 Å². The van der Waals surface area contributed by atoms with Crippen molar-refractivity contribution in [1.29, 1.82) is 0 Å². The molecule has 1 aromatic carbocycles. The van der Waals surface area contributed by atoms with Crippen molar-refractivity contribution in [3.63, 3.8) is 0 Å². The summed E-state index contributed by atoms with van der Waals surface area (Å²) in [5.74, 6) is 0.858. The summed E-state index contributed by atoms with van der Waals surface area (Å²) in [6, 6.07) is 8.47. The highest BCUT2D eigenvalue weighted by atomic mass is 79.9. The highest BCUT2D eigenvalue weighted by molar-refractivity contribution is 9.10. The zero-order chi connectivity index (χ0) is 14.5. The number of aromatic nitrogens is 2. The molecule has 1 N–H and O–H groups in total. The number of nitrogens with zero attached hydrogens (tertiary/aromatic N) is 2. The summed E-state index contributed by atoms with van der Waals surface area (Å²) in [4.78, 5) is 0. The first-order valence-corrected chi connectivity index (χ1v) is 7.46. The Balaban J connectivity index is 2.06. The maximum Gasteiger partial charge on any atom is 0.119 e. The zero-order valence-electron chi connectivity index (χ0n) is 12.1. The van der Waals surface area contributed by atoms with Crippen LogP contribution in [0, 0.1) is 0 Å². The highest BCUT2D eigenvalue weighted by Crippen LogP contribution is 2.23. The number of ether oxygens (including phenoxy) is 1. The van der Waals surface area contributed by atoms with Crippen LogP contribution >= 0.6 is 15.9 Å². The number of nitrogens with one attached hydrogen (secondary N) is 1. The van der Waals surface area contributed by atoms with Crippen LogP contribution in [0.4, 0.5) is 0 Å². The SMILES string of the molecule is COc1ccc(Br)c(Cn2ccc(CNC(C)C)n2)c1. The summed E-state index contributed by atoms with van der Waals surface area (Å²) in [6.45, 7) is 5.78. The molecule has 0 radical (unpaired) electrons. The summed E-state index contributed by atoms with van der Waals surface area (Å²) in [5, 5.41) is 7.93. The van der Waals surface area contributed by atoms with E-state index >= 15 is 0 Å². The monoisotopic (exact) mass is 337 g/mol. The van der Waals surface area contributed by atoms with Gasteiger partial charge >= 0.3 is 0 Å². The maximum absolute atomic E-state index is 5.26. The van der Waals surface area contributed by atoms with Crippen LogP contribution in [0.3, 0.4) is 0 Å². The fourth-order valence-corrected chi connectivity index (χ4v) is 2.24. The second kappa shape index (κ2) is 6.90. The average Bonchev–Trinajstić information content (AvgIpc) is 2.86. The molecule has 0 aliphatic rings. The number of methoxy groups -OCH3 is 1. The van der Waals surface area contributed by atoms with Crippen molar-refractivity contribution in [2.45, 2.75) is 33.0 Å². The number of hydrogen-bond donors (Lipinski definition) is 1. The Morgan fingerprint density at radius 3 is 2.85 bits per heavy atom. The van der Waals surface area contributed by atoms with Gasteiger partial charge in [-0.05, 0) is 29.8 Å². The topological polar surface area (TPSA) is 39.1 Å². The third-order valence-corrected chi connectivity index (χ3v) is 3.75. The first-order valence-electron chi connectivity index (χ1n) is 6.66. The van der Waals surface area contributed by atoms with Crippen LogP contribution in [0.5, 0.6) is 5.75 Å². The van der Waals surface area contributed by atoms with Crippen molar-refractivity contribution in [2.24, 2.45) is 0 Å². The first kappa shape index (κ1) is 15.1. The minimum absolute atomic E-state index is 0.465. The Morgan fingerprint density at radius 1 is 1.35 bits per heavy atom. The van der Waals surface area contributed by atoms with E-state index in [2.05, 4.69) is 40.2 Å². The van der Waals surface area contributed by atoms with Gasteiger partial charge in [-0.15, -0.1) is 0 Å². The van der Waals surface area contributed by atoms with Crippen LogP contribution in [0.1, 0.15) is 25.1 Å². The molecule has 5 heteroatoms. The largest absolute Gasteiger partial charge is 0.497 e. The van der Waals surface area contributed by atoms with Crippen LogP contribution in [0.15, 0.2) is 34.9 Å². The molecule has 20 heavy (non-hydrogen) atoms. The van der Waals surface area contributed by atoms with Crippen molar-refractivity contribution in [2.75, 3.05) is 7.11 Å². The lowest BCUT2D eigenvalue weighted by atomic mass is 10.2. The van der Waals surface area contributed by atoms with Crippen LogP contribution < -0.4 is 10.1 Å². The first-order chi connectivity index (χ1) is 9.58. The molecule has 1 aromatic heterocycles. The van der Waals surface area contributed by atoms with Gasteiger partial charge in [0.1, 0.15) is 5.75 Å². The van der Waals surface area contributed by atoms with Crippen molar-refractivity contribution in [3.8, 4) is 5.75 Å². The van der Waals surface area contributed by atoms with Crippen LogP contribution in [0.25, 0.3) is 0 Å². The predicted molar refractivity (Wildman–Crippen MR) is 84.0 cm³/mol. The summed E-state index contributed by atoms with van der Waals surface area (Å²) in [7, 11) is 1.68. The van der Waals surface area contributed by atoms with Gasteiger partial charge in [-0.2, -0.15) is 5.10 Å². The maximum atomic E-state index is 5.26. The molecule has 4 nitrogen and oxygen atoms in total. The molecule has 2 rings (SSSR count). The van der Waals surface area contributed by atoms with Gasteiger partial charge in [0, 0.05) is 23.3 Å². The smallest absolute Gasteiger partial charge is 0.119 e. The summed E-state index contributed by atoms with van der Waals surface area (Å²) in [5.41, 5.74) is 2.20. The molecule has 2 aromatic rings. The van der Waals surface area contributed by atoms with Crippen LogP contribution in [-0.4, -0.2) is 22.9 Å². The molecule has 0 aliphatic heterocycles. The lowest BCUT2D eigenvalue weighted by molar-refractivity contribution is 0.414. The molecule has 0 amide bonds. The van der Waals surface area contributed by atoms with Crippen molar-refractivity contribution in [1.82, 2.24) is 15.1 Å². The van der Waals surface area contributed by atoms with Gasteiger partial charge in [0.25, 0.3) is 0 Å². The Bertz CT molecular complexity index is 566. The van der Waals surface area contributed by atoms with E-state index in [1.807, 2.05) is 35.1 Å². The lowest BCUT2D eigenvalue weighted by Gasteiger charge is -2.08. The minimum atomic E-state index is 0.465. The normalized spacial score (nSPS) is 11.1. The molecule has 0 atom stereocenters. The minimum Gasteiger partial charge on any atom is -0.497 e. The van der Waals surface area contributed by atoms with Gasteiger partial charge < -0.3 is 10.1 Å². The molecule has 0 unspecified atom stereocenters. The fourth-order valence-electron chi connectivity index (χ4n) is 1.87. The van der Waals surface area contributed by atoms with E-state index in [1.165, 1.54) is 0 Å². The Hall–Kier alpha value is -1.33. The van der Waals surface area contributed by atoms with Crippen LogP contribution in [0.2, 0.25) is 0 Å². The fraction of sp³-hybridized carbons (Fsp3) is 0.400. The van der Waals surface area contributed by atoms with Crippen molar-refractivity contribution >= 4 is 15.9 Å². The van der Waals surface area contributed by atoms with Gasteiger partial charge in [0.15, 0.2) is 0 Å². The van der Waals surface area contributed by atoms with Crippen molar-refractivity contribution in [3.05, 3.63) is 46.2 Å². The molecular weight excluding hydrogens is 318 g/mol. The molecule has 0 aliphatic carbocycles. The molecule has 0 saturated carbocycles.